The predicted molar refractivity (Wildman–Crippen MR) is 56.0 cm³/mol. The second kappa shape index (κ2) is 5.21. The molecule has 2 heterocycles. The number of aromatic nitrogens is 4. The van der Waals surface area contributed by atoms with Crippen LogP contribution in [0.1, 0.15) is 11.4 Å². The first-order chi connectivity index (χ1) is 7.45. The lowest BCUT2D eigenvalue weighted by Gasteiger charge is -2.02. The van der Waals surface area contributed by atoms with Gasteiger partial charge in [0.25, 0.3) is 0 Å². The lowest BCUT2D eigenvalue weighted by molar-refractivity contribution is 0.670. The first-order valence-electron chi connectivity index (χ1n) is 4.88. The summed E-state index contributed by atoms with van der Waals surface area (Å²) in [6.07, 6.45) is 9.66. The number of hydrogen-bond donors (Lipinski definition) is 2. The molecule has 2 rings (SSSR count). The van der Waals surface area contributed by atoms with Crippen LogP contribution in [0.5, 0.6) is 0 Å². The molecular weight excluding hydrogens is 190 g/mol. The van der Waals surface area contributed by atoms with Crippen molar-refractivity contribution in [3.8, 4) is 0 Å². The lowest BCUT2D eigenvalue weighted by atomic mass is 10.3. The Bertz CT molecular complexity index is 370. The van der Waals surface area contributed by atoms with Crippen LogP contribution in [0.2, 0.25) is 0 Å². The molecule has 0 unspecified atom stereocenters. The maximum atomic E-state index is 4.14. The van der Waals surface area contributed by atoms with E-state index in [1.54, 1.807) is 6.20 Å². The molecule has 0 radical (unpaired) electrons. The van der Waals surface area contributed by atoms with Gasteiger partial charge < -0.3 is 10.3 Å². The Morgan fingerprint density at radius 3 is 2.87 bits per heavy atom. The van der Waals surface area contributed by atoms with Gasteiger partial charge >= 0.3 is 0 Å². The molecule has 0 bridgehead atoms. The van der Waals surface area contributed by atoms with E-state index in [1.165, 1.54) is 6.33 Å². The van der Waals surface area contributed by atoms with Crippen LogP contribution in [0.15, 0.2) is 31.1 Å². The molecule has 5 heteroatoms. The summed E-state index contributed by atoms with van der Waals surface area (Å²) in [5.41, 5.74) is 1.09. The van der Waals surface area contributed by atoms with Crippen LogP contribution < -0.4 is 5.32 Å². The van der Waals surface area contributed by atoms with Gasteiger partial charge in [-0.05, 0) is 0 Å². The van der Waals surface area contributed by atoms with Gasteiger partial charge in [-0.1, -0.05) is 0 Å². The van der Waals surface area contributed by atoms with E-state index in [0.29, 0.717) is 0 Å². The predicted octanol–water partition coefficient (Wildman–Crippen LogP) is 0.532. The molecule has 78 valence electrons. The molecule has 2 N–H and O–H groups in total. The molecule has 0 aliphatic rings. The Morgan fingerprint density at radius 2 is 2.13 bits per heavy atom. The average molecular weight is 203 g/mol. The lowest BCUT2D eigenvalue weighted by Crippen LogP contribution is -2.17. The third-order valence-corrected chi connectivity index (χ3v) is 2.04. The molecule has 0 saturated heterocycles. The van der Waals surface area contributed by atoms with Crippen molar-refractivity contribution in [2.45, 2.75) is 13.0 Å². The van der Waals surface area contributed by atoms with Gasteiger partial charge in [0.2, 0.25) is 0 Å². The van der Waals surface area contributed by atoms with E-state index in [2.05, 4.69) is 25.3 Å². The molecule has 2 aromatic rings. The molecule has 0 fully saturated rings. The van der Waals surface area contributed by atoms with Gasteiger partial charge in [-0.2, -0.15) is 0 Å². The van der Waals surface area contributed by atoms with Gasteiger partial charge in [-0.25, -0.2) is 15.0 Å². The van der Waals surface area contributed by atoms with Crippen LogP contribution in [0.3, 0.4) is 0 Å². The average Bonchev–Trinajstić information content (AvgIpc) is 2.79. The van der Waals surface area contributed by atoms with E-state index in [-0.39, 0.29) is 0 Å². The molecule has 0 atom stereocenters. The van der Waals surface area contributed by atoms with Crippen molar-refractivity contribution in [2.75, 3.05) is 6.54 Å². The summed E-state index contributed by atoms with van der Waals surface area (Å²) in [4.78, 5) is 15.1. The zero-order valence-electron chi connectivity index (χ0n) is 8.35. The van der Waals surface area contributed by atoms with E-state index < -0.39 is 0 Å². The fourth-order valence-electron chi connectivity index (χ4n) is 1.30. The van der Waals surface area contributed by atoms with Gasteiger partial charge in [0.15, 0.2) is 0 Å². The van der Waals surface area contributed by atoms with Gasteiger partial charge in [0.05, 0.1) is 0 Å². The van der Waals surface area contributed by atoms with E-state index in [9.17, 15) is 0 Å². The normalized spacial score (nSPS) is 10.4. The van der Waals surface area contributed by atoms with Gasteiger partial charge in [0.1, 0.15) is 12.2 Å². The van der Waals surface area contributed by atoms with Crippen LogP contribution in [-0.4, -0.2) is 26.5 Å². The van der Waals surface area contributed by atoms with E-state index in [1.807, 2.05) is 18.6 Å². The highest BCUT2D eigenvalue weighted by atomic mass is 14.9. The van der Waals surface area contributed by atoms with Crippen molar-refractivity contribution in [1.29, 1.82) is 0 Å². The van der Waals surface area contributed by atoms with Crippen molar-refractivity contribution in [3.63, 3.8) is 0 Å². The summed E-state index contributed by atoms with van der Waals surface area (Å²) in [6, 6.07) is 0. The zero-order valence-corrected chi connectivity index (χ0v) is 8.35. The molecule has 0 aliphatic heterocycles. The molecule has 0 saturated carbocycles. The number of H-pyrrole nitrogens is 1. The maximum Gasteiger partial charge on any atom is 0.115 e. The summed E-state index contributed by atoms with van der Waals surface area (Å²) < 4.78 is 0. The highest BCUT2D eigenvalue weighted by Crippen LogP contribution is 1.92. The summed E-state index contributed by atoms with van der Waals surface area (Å²) in [5, 5.41) is 3.30. The summed E-state index contributed by atoms with van der Waals surface area (Å²) in [7, 11) is 0. The van der Waals surface area contributed by atoms with Crippen molar-refractivity contribution in [3.05, 3.63) is 42.5 Å². The van der Waals surface area contributed by atoms with Crippen molar-refractivity contribution < 1.29 is 0 Å². The van der Waals surface area contributed by atoms with Gasteiger partial charge in [-0.15, -0.1) is 0 Å². The molecule has 5 nitrogen and oxygen atoms in total. The van der Waals surface area contributed by atoms with Crippen molar-refractivity contribution in [2.24, 2.45) is 0 Å². The third-order valence-electron chi connectivity index (χ3n) is 2.04. The van der Waals surface area contributed by atoms with Crippen LogP contribution >= 0.6 is 0 Å². The first kappa shape index (κ1) is 9.79. The van der Waals surface area contributed by atoms with Crippen molar-refractivity contribution >= 4 is 0 Å². The van der Waals surface area contributed by atoms with Gasteiger partial charge in [-0.3, -0.25) is 0 Å². The van der Waals surface area contributed by atoms with Crippen molar-refractivity contribution in [1.82, 2.24) is 25.3 Å². The molecule has 15 heavy (non-hydrogen) atoms. The molecular formula is C10H13N5. The SMILES string of the molecule is c1ncc(CNCCc2ncc[nH]2)cn1. The molecule has 0 amide bonds. The number of imidazole rings is 1. The summed E-state index contributed by atoms with van der Waals surface area (Å²) in [5.74, 6) is 1.01. The molecule has 0 aromatic carbocycles. The van der Waals surface area contributed by atoms with E-state index >= 15 is 0 Å². The topological polar surface area (TPSA) is 66.5 Å². The van der Waals surface area contributed by atoms with E-state index in [0.717, 1.165) is 30.9 Å². The summed E-state index contributed by atoms with van der Waals surface area (Å²) >= 11 is 0. The Morgan fingerprint density at radius 1 is 1.27 bits per heavy atom. The number of aromatic amines is 1. The zero-order chi connectivity index (χ0) is 10.3. The Balaban J connectivity index is 1.68. The number of nitrogens with zero attached hydrogens (tertiary/aromatic N) is 3. The fourth-order valence-corrected chi connectivity index (χ4v) is 1.30. The van der Waals surface area contributed by atoms with E-state index in [4.69, 9.17) is 0 Å². The minimum absolute atomic E-state index is 0.793. The number of nitrogens with one attached hydrogen (secondary N) is 2. The second-order valence-electron chi connectivity index (χ2n) is 3.21. The minimum atomic E-state index is 0.793. The summed E-state index contributed by atoms with van der Waals surface area (Å²) in [6.45, 7) is 1.68. The fraction of sp³-hybridized carbons (Fsp3) is 0.300. The molecule has 2 aromatic heterocycles. The standard InChI is InChI=1S/C10H13N5/c1(10-14-3-4-15-10)2-11-5-9-6-12-8-13-7-9/h3-4,6-8,11H,1-2,5H2,(H,14,15). The smallest absolute Gasteiger partial charge is 0.115 e. The monoisotopic (exact) mass is 203 g/mol. The van der Waals surface area contributed by atoms with Gasteiger partial charge in [0, 0.05) is 49.9 Å². The van der Waals surface area contributed by atoms with Crippen LogP contribution in [-0.2, 0) is 13.0 Å². The molecule has 0 spiro atoms. The maximum absolute atomic E-state index is 4.14. The minimum Gasteiger partial charge on any atom is -0.349 e. The van der Waals surface area contributed by atoms with Crippen LogP contribution in [0.25, 0.3) is 0 Å². The third kappa shape index (κ3) is 3.14. The number of hydrogen-bond acceptors (Lipinski definition) is 4. The Hall–Kier alpha value is -1.75. The molecule has 0 aliphatic carbocycles. The Kier molecular flexibility index (Phi) is 3.40. The quantitative estimate of drug-likeness (QED) is 0.696. The highest BCUT2D eigenvalue weighted by molar-refractivity contribution is 5.01. The largest absolute Gasteiger partial charge is 0.349 e. The van der Waals surface area contributed by atoms with Crippen LogP contribution in [0, 0.1) is 0 Å². The second-order valence-corrected chi connectivity index (χ2v) is 3.21. The first-order valence-corrected chi connectivity index (χ1v) is 4.88. The van der Waals surface area contributed by atoms with Crippen LogP contribution in [0.4, 0.5) is 0 Å². The highest BCUT2D eigenvalue weighted by Gasteiger charge is 1.95. The number of rotatable bonds is 5. The Labute approximate surface area is 88.0 Å².